The minimum atomic E-state index is -4.64. The maximum Gasteiger partial charge on any atom is 0.522 e. The Bertz CT molecular complexity index is 5260. The Morgan fingerprint density at radius 3 is 1.35 bits per heavy atom. The minimum Gasteiger partial charge on any atom is -0.481 e. The lowest BCUT2D eigenvalue weighted by atomic mass is 10.1. The standard InChI is InChI=1S/C21H22FN5O.C20H18F3N5O2.C18H17N3O2.C17H13F3N4O2/c1-14-5-6-16(18(22)10-14)13-27-20(28)8-7-19(25-27)17-11-23-21(24-12-17)26-9-3-4-15(26)2;1-13-2-4-14(5-3-13)10-28-18(29)7-6-17(26-28)15-8-24-19(25-9-15)27-11-16(12-27)30-20(21,22)23;1-13-3-5-14(6-4-13)12-21-18(22)10-8-16(20-21)15-7-9-17(23-2)19-11-15;1-10-2-3-11(6-13(10)18)9-24-15(25)5-4-14(23-24)12-7-21-17(22-8-12)26-16(19)20/h5-8,10-12,15H,3-4,9,13H2,1-2H3;2-9,16H,10-12H2,1H3;3-11H,12H2,1-2H3;2-8,16H,9H2,1H3. The van der Waals surface area contributed by atoms with Crippen LogP contribution >= 0.6 is 0 Å². The molecule has 2 aliphatic heterocycles. The van der Waals surface area contributed by atoms with E-state index < -0.39 is 25.1 Å². The van der Waals surface area contributed by atoms with E-state index in [-0.39, 0.29) is 60.1 Å². The van der Waals surface area contributed by atoms with Crippen molar-refractivity contribution in [2.45, 2.75) is 98.8 Å². The van der Waals surface area contributed by atoms with Crippen molar-refractivity contribution in [3.8, 4) is 56.9 Å². The van der Waals surface area contributed by atoms with Crippen LogP contribution in [0, 0.1) is 39.3 Å². The Morgan fingerprint density at radius 2 is 0.916 bits per heavy atom. The Morgan fingerprint density at radius 1 is 0.477 bits per heavy atom. The van der Waals surface area contributed by atoms with Crippen molar-refractivity contribution in [1.82, 2.24) is 74.0 Å². The number of anilines is 2. The van der Waals surface area contributed by atoms with E-state index in [1.165, 1.54) is 91.5 Å². The average molecular weight is 1470 g/mol. The van der Waals surface area contributed by atoms with Gasteiger partial charge in [0.25, 0.3) is 22.2 Å². The summed E-state index contributed by atoms with van der Waals surface area (Å²) in [5.41, 5.74) is 10.4. The van der Waals surface area contributed by atoms with E-state index >= 15 is 0 Å². The molecule has 1 atom stereocenters. The molecular weight excluding hydrogens is 1400 g/mol. The third-order valence-corrected chi connectivity index (χ3v) is 16.9. The minimum absolute atomic E-state index is 0.0680. The number of aromatic nitrogens is 15. The second-order valence-electron chi connectivity index (χ2n) is 25.0. The number of ether oxygens (including phenoxy) is 3. The summed E-state index contributed by atoms with van der Waals surface area (Å²) in [5, 5.41) is 17.4. The summed E-state index contributed by atoms with van der Waals surface area (Å²) in [6, 6.07) is 41.2. The molecule has 2 aliphatic rings. The topological polar surface area (TPSA) is 264 Å². The van der Waals surface area contributed by atoms with E-state index in [9.17, 15) is 49.9 Å². The van der Waals surface area contributed by atoms with Crippen LogP contribution in [0.15, 0.2) is 208 Å². The van der Waals surface area contributed by atoms with E-state index in [0.717, 1.165) is 47.2 Å². The van der Waals surface area contributed by atoms with Crippen molar-refractivity contribution in [3.05, 3.63) is 287 Å². The van der Waals surface area contributed by atoms with Crippen molar-refractivity contribution in [2.24, 2.45) is 0 Å². The SMILES string of the molecule is COc1ccc(-c2ccc(=O)n(Cc3ccc(C)cc3)n2)cn1.Cc1ccc(Cn2nc(-c3cnc(N4CC(OC(F)(F)F)C4)nc3)ccc2=O)cc1.Cc1ccc(Cn2nc(-c3cnc(N4CCCC4C)nc3)ccc2=O)c(F)c1.Cc1ccc(Cn2nc(-c3cnc(OC(F)F)nc3)ccc2=O)cc1F. The van der Waals surface area contributed by atoms with Gasteiger partial charge in [0.15, 0.2) is 0 Å². The molecule has 550 valence electrons. The highest BCUT2D eigenvalue weighted by Crippen LogP contribution is 2.28. The smallest absolute Gasteiger partial charge is 0.481 e. The van der Waals surface area contributed by atoms with Gasteiger partial charge in [-0.1, -0.05) is 83.9 Å². The molecule has 2 fully saturated rings. The number of nitrogens with zero attached hydrogens (tertiary/aromatic N) is 17. The first-order chi connectivity index (χ1) is 51.3. The number of alkyl halides is 5. The molecule has 0 spiro atoms. The van der Waals surface area contributed by atoms with E-state index in [4.69, 9.17) is 4.74 Å². The molecule has 12 aromatic rings. The van der Waals surface area contributed by atoms with Crippen LogP contribution in [-0.4, -0.2) is 126 Å². The summed E-state index contributed by atoms with van der Waals surface area (Å²) >= 11 is 0. The Hall–Kier alpha value is -12.5. The number of rotatable bonds is 18. The van der Waals surface area contributed by atoms with Gasteiger partial charge in [-0.05, 0) is 118 Å². The van der Waals surface area contributed by atoms with E-state index in [1.807, 2.05) is 81.4 Å². The van der Waals surface area contributed by atoms with Gasteiger partial charge in [-0.15, -0.1) is 13.2 Å². The van der Waals surface area contributed by atoms with Gasteiger partial charge in [-0.2, -0.15) is 29.2 Å². The summed E-state index contributed by atoms with van der Waals surface area (Å²) in [5.74, 6) is 0.862. The zero-order chi connectivity index (χ0) is 75.9. The van der Waals surface area contributed by atoms with E-state index in [0.29, 0.717) is 93.1 Å². The molecule has 14 rings (SSSR count). The van der Waals surface area contributed by atoms with Crippen molar-refractivity contribution in [2.75, 3.05) is 36.5 Å². The molecule has 0 amide bonds. The number of halogens is 7. The largest absolute Gasteiger partial charge is 0.522 e. The van der Waals surface area contributed by atoms with Crippen LogP contribution in [0.1, 0.15) is 64.3 Å². The van der Waals surface area contributed by atoms with Crippen LogP contribution in [0.4, 0.5) is 42.6 Å². The van der Waals surface area contributed by atoms with Crippen molar-refractivity contribution in [3.63, 3.8) is 0 Å². The van der Waals surface area contributed by atoms with Gasteiger partial charge in [0.1, 0.15) is 17.7 Å². The normalized spacial score (nSPS) is 13.3. The van der Waals surface area contributed by atoms with Gasteiger partial charge in [0.05, 0.1) is 56.1 Å². The molecule has 0 radical (unpaired) electrons. The molecular formula is C76H70F7N17O7. The van der Waals surface area contributed by atoms with Crippen LogP contribution in [-0.2, 0) is 30.9 Å². The summed E-state index contributed by atoms with van der Waals surface area (Å²) < 4.78 is 107. The summed E-state index contributed by atoms with van der Waals surface area (Å²) in [7, 11) is 1.57. The van der Waals surface area contributed by atoms with Gasteiger partial charge < -0.3 is 19.3 Å². The van der Waals surface area contributed by atoms with Gasteiger partial charge in [-0.3, -0.25) is 23.9 Å². The lowest BCUT2D eigenvalue weighted by Gasteiger charge is -2.38. The number of hydrogen-bond acceptors (Lipinski definition) is 20. The van der Waals surface area contributed by atoms with Crippen molar-refractivity contribution < 1.29 is 44.9 Å². The fraction of sp³-hybridized carbons (Fsp3) is 0.250. The van der Waals surface area contributed by atoms with Gasteiger partial charge >= 0.3 is 19.0 Å². The molecule has 107 heavy (non-hydrogen) atoms. The molecule has 4 aromatic carbocycles. The van der Waals surface area contributed by atoms with Crippen LogP contribution in [0.2, 0.25) is 0 Å². The third-order valence-electron chi connectivity index (χ3n) is 16.9. The highest BCUT2D eigenvalue weighted by Gasteiger charge is 2.40. The van der Waals surface area contributed by atoms with Gasteiger partial charge in [-0.25, -0.2) is 62.4 Å². The zero-order valence-electron chi connectivity index (χ0n) is 58.6. The molecule has 2 saturated heterocycles. The van der Waals surface area contributed by atoms with Crippen molar-refractivity contribution in [1.29, 1.82) is 0 Å². The second-order valence-corrected chi connectivity index (χ2v) is 25.0. The summed E-state index contributed by atoms with van der Waals surface area (Å²) in [6.45, 7) is 8.67. The molecule has 0 bridgehead atoms. The predicted molar refractivity (Wildman–Crippen MR) is 384 cm³/mol. The fourth-order valence-corrected chi connectivity index (χ4v) is 11.0. The quantitative estimate of drug-likeness (QED) is 0.0723. The molecule has 10 heterocycles. The lowest BCUT2D eigenvalue weighted by Crippen LogP contribution is -2.54. The number of hydrogen-bond donors (Lipinski definition) is 0. The number of aryl methyl sites for hydroxylation is 4. The maximum absolute atomic E-state index is 14.1. The number of methoxy groups -OCH3 is 1. The molecule has 1 unspecified atom stereocenters. The maximum atomic E-state index is 14.1. The second kappa shape index (κ2) is 34.4. The average Bonchev–Trinajstić information content (AvgIpc) is 1.18. The molecule has 8 aromatic heterocycles. The monoisotopic (exact) mass is 1470 g/mol. The molecule has 31 heteroatoms. The van der Waals surface area contributed by atoms with Crippen LogP contribution in [0.3, 0.4) is 0 Å². The van der Waals surface area contributed by atoms with Gasteiger partial charge in [0, 0.05) is 127 Å². The highest BCUT2D eigenvalue weighted by molar-refractivity contribution is 5.59. The first-order valence-electron chi connectivity index (χ1n) is 33.5. The Balaban J connectivity index is 0.000000143. The summed E-state index contributed by atoms with van der Waals surface area (Å²) in [6.07, 6.45) is 7.43. The highest BCUT2D eigenvalue weighted by atomic mass is 19.4. The Labute approximate surface area is 607 Å². The van der Waals surface area contributed by atoms with Crippen LogP contribution in [0.5, 0.6) is 11.9 Å². The third kappa shape index (κ3) is 20.7. The van der Waals surface area contributed by atoms with Crippen LogP contribution in [0.25, 0.3) is 45.0 Å². The van der Waals surface area contributed by atoms with E-state index in [1.54, 1.807) is 80.0 Å². The van der Waals surface area contributed by atoms with E-state index in [2.05, 4.69) is 76.6 Å². The fourth-order valence-electron chi connectivity index (χ4n) is 11.0. The van der Waals surface area contributed by atoms with Crippen molar-refractivity contribution >= 4 is 11.9 Å². The molecule has 0 saturated carbocycles. The predicted octanol–water partition coefficient (Wildman–Crippen LogP) is 11.4. The first-order valence-corrected chi connectivity index (χ1v) is 33.5. The first kappa shape index (κ1) is 75.6. The molecule has 0 aliphatic carbocycles. The van der Waals surface area contributed by atoms with Gasteiger partial charge in [0.2, 0.25) is 17.8 Å². The lowest BCUT2D eigenvalue weighted by molar-refractivity contribution is -0.344. The number of benzene rings is 4. The molecule has 0 N–H and O–H groups in total. The zero-order valence-corrected chi connectivity index (χ0v) is 58.6. The Kier molecular flexibility index (Phi) is 24.3. The summed E-state index contributed by atoms with van der Waals surface area (Å²) in [4.78, 5) is 81.0. The van der Waals surface area contributed by atoms with Crippen LogP contribution < -0.4 is 41.5 Å². The molecule has 24 nitrogen and oxygen atoms in total. The number of pyridine rings is 1.